The van der Waals surface area contributed by atoms with Gasteiger partial charge >= 0.3 is 0 Å². The van der Waals surface area contributed by atoms with Crippen molar-refractivity contribution in [3.63, 3.8) is 0 Å². The maximum absolute atomic E-state index is 4.53. The largest absolute Gasteiger partial charge is 0.302 e. The second-order valence-corrected chi connectivity index (χ2v) is 3.19. The second-order valence-electron chi connectivity index (χ2n) is 3.19. The Morgan fingerprint density at radius 2 is 2.09 bits per heavy atom. The summed E-state index contributed by atoms with van der Waals surface area (Å²) in [7, 11) is 0. The van der Waals surface area contributed by atoms with Crippen LogP contribution in [0, 0.1) is 0 Å². The van der Waals surface area contributed by atoms with Crippen LogP contribution in [0.3, 0.4) is 0 Å². The van der Waals surface area contributed by atoms with Crippen LogP contribution in [0.5, 0.6) is 0 Å². The highest BCUT2D eigenvalue weighted by Gasteiger charge is 2.17. The van der Waals surface area contributed by atoms with E-state index in [1.54, 1.807) is 0 Å². The molecule has 0 bridgehead atoms. The van der Waals surface area contributed by atoms with E-state index >= 15 is 0 Å². The van der Waals surface area contributed by atoms with Gasteiger partial charge < -0.3 is 4.90 Å². The number of hydrogen-bond acceptors (Lipinski definition) is 1. The summed E-state index contributed by atoms with van der Waals surface area (Å²) in [6, 6.07) is 0.648. The zero-order valence-electron chi connectivity index (χ0n) is 7.71. The average Bonchev–Trinajstić information content (AvgIpc) is 2.52. The summed E-state index contributed by atoms with van der Waals surface area (Å²) in [6.07, 6.45) is 2.63. The van der Waals surface area contributed by atoms with E-state index in [2.05, 4.69) is 24.1 Å². The van der Waals surface area contributed by atoms with Gasteiger partial charge in [-0.05, 0) is 25.9 Å². The molecule has 1 rings (SSSR count). The lowest BCUT2D eigenvalue weighted by Gasteiger charge is -2.21. The first kappa shape index (κ1) is 9.01. The minimum Gasteiger partial charge on any atom is -0.302 e. The van der Waals surface area contributed by atoms with Gasteiger partial charge in [0.25, 0.3) is 0 Å². The van der Waals surface area contributed by atoms with Crippen LogP contribution in [0.1, 0.15) is 26.7 Å². The highest BCUT2D eigenvalue weighted by Crippen LogP contribution is 2.08. The SMILES string of the molecule is CCN(CC)CC1CCC[N]1. The Bertz CT molecular complexity index is 93.7. The standard InChI is InChI=1S/C9H19N2/c1-3-11(4-2)8-9-6-5-7-10-9/h9H,3-8H2,1-2H3. The first-order chi connectivity index (χ1) is 5.36. The van der Waals surface area contributed by atoms with E-state index < -0.39 is 0 Å². The number of likely N-dealkylation sites (N-methyl/N-ethyl adjacent to an activating group) is 1. The van der Waals surface area contributed by atoms with Gasteiger partial charge in [-0.2, -0.15) is 0 Å². The Morgan fingerprint density at radius 1 is 1.36 bits per heavy atom. The van der Waals surface area contributed by atoms with E-state index in [1.165, 1.54) is 32.5 Å². The molecule has 2 heteroatoms. The quantitative estimate of drug-likeness (QED) is 0.594. The van der Waals surface area contributed by atoms with Crippen molar-refractivity contribution in [2.45, 2.75) is 32.7 Å². The van der Waals surface area contributed by atoms with Crippen LogP contribution in [-0.4, -0.2) is 37.1 Å². The van der Waals surface area contributed by atoms with Crippen LogP contribution in [0.25, 0.3) is 0 Å². The lowest BCUT2D eigenvalue weighted by molar-refractivity contribution is 0.273. The molecule has 1 heterocycles. The minimum atomic E-state index is 0.648. The molecule has 2 nitrogen and oxygen atoms in total. The molecule has 1 aliphatic heterocycles. The van der Waals surface area contributed by atoms with Crippen molar-refractivity contribution < 1.29 is 0 Å². The molecule has 0 aromatic heterocycles. The molecule has 1 atom stereocenters. The van der Waals surface area contributed by atoms with Gasteiger partial charge in [-0.3, -0.25) is 0 Å². The molecule has 1 unspecified atom stereocenters. The summed E-state index contributed by atoms with van der Waals surface area (Å²) in [5.74, 6) is 0. The van der Waals surface area contributed by atoms with E-state index in [0.717, 1.165) is 6.54 Å². The topological polar surface area (TPSA) is 17.3 Å². The molecule has 0 aromatic carbocycles. The normalized spacial score (nSPS) is 24.8. The molecule has 65 valence electrons. The van der Waals surface area contributed by atoms with E-state index in [-0.39, 0.29) is 0 Å². The summed E-state index contributed by atoms with van der Waals surface area (Å²) >= 11 is 0. The van der Waals surface area contributed by atoms with Gasteiger partial charge in [-0.1, -0.05) is 13.8 Å². The second kappa shape index (κ2) is 4.73. The predicted octanol–water partition coefficient (Wildman–Crippen LogP) is 1.09. The predicted molar refractivity (Wildman–Crippen MR) is 47.8 cm³/mol. The highest BCUT2D eigenvalue weighted by molar-refractivity contribution is 4.76. The number of rotatable bonds is 4. The molecule has 11 heavy (non-hydrogen) atoms. The Balaban J connectivity index is 2.16. The van der Waals surface area contributed by atoms with Crippen molar-refractivity contribution in [3.05, 3.63) is 0 Å². The van der Waals surface area contributed by atoms with Crippen molar-refractivity contribution in [3.8, 4) is 0 Å². The van der Waals surface area contributed by atoms with Crippen LogP contribution in [0.15, 0.2) is 0 Å². The van der Waals surface area contributed by atoms with Gasteiger partial charge in [-0.15, -0.1) is 0 Å². The minimum absolute atomic E-state index is 0.648. The summed E-state index contributed by atoms with van der Waals surface area (Å²) in [4.78, 5) is 2.46. The van der Waals surface area contributed by atoms with E-state index in [0.29, 0.717) is 6.04 Å². The molecule has 0 aromatic rings. The fourth-order valence-corrected chi connectivity index (χ4v) is 1.62. The van der Waals surface area contributed by atoms with Gasteiger partial charge in [0.2, 0.25) is 0 Å². The van der Waals surface area contributed by atoms with Crippen molar-refractivity contribution in [2.24, 2.45) is 0 Å². The first-order valence-corrected chi connectivity index (χ1v) is 4.75. The molecule has 1 fully saturated rings. The third-order valence-electron chi connectivity index (χ3n) is 2.45. The molecular formula is C9H19N2. The van der Waals surface area contributed by atoms with E-state index in [9.17, 15) is 0 Å². The Morgan fingerprint density at radius 3 is 2.55 bits per heavy atom. The molecule has 0 spiro atoms. The average molecular weight is 155 g/mol. The number of nitrogens with zero attached hydrogens (tertiary/aromatic N) is 2. The van der Waals surface area contributed by atoms with Crippen LogP contribution < -0.4 is 5.32 Å². The number of hydrogen-bond donors (Lipinski definition) is 0. The van der Waals surface area contributed by atoms with Crippen LogP contribution in [-0.2, 0) is 0 Å². The molecule has 0 saturated carbocycles. The molecule has 1 saturated heterocycles. The van der Waals surface area contributed by atoms with Crippen LogP contribution in [0.2, 0.25) is 0 Å². The smallest absolute Gasteiger partial charge is 0.0373 e. The van der Waals surface area contributed by atoms with Crippen molar-refractivity contribution in [1.82, 2.24) is 10.2 Å². The van der Waals surface area contributed by atoms with Gasteiger partial charge in [-0.25, -0.2) is 5.32 Å². The fourth-order valence-electron chi connectivity index (χ4n) is 1.62. The molecule has 0 N–H and O–H groups in total. The lowest BCUT2D eigenvalue weighted by atomic mass is 10.2. The van der Waals surface area contributed by atoms with Crippen LogP contribution in [0.4, 0.5) is 0 Å². The van der Waals surface area contributed by atoms with Crippen molar-refractivity contribution >= 4 is 0 Å². The van der Waals surface area contributed by atoms with Gasteiger partial charge in [0.1, 0.15) is 0 Å². The summed E-state index contributed by atoms with van der Waals surface area (Å²) < 4.78 is 0. The Kier molecular flexibility index (Phi) is 3.87. The maximum atomic E-state index is 4.53. The lowest BCUT2D eigenvalue weighted by Crippen LogP contribution is -2.34. The third kappa shape index (κ3) is 2.80. The van der Waals surface area contributed by atoms with E-state index in [1.807, 2.05) is 0 Å². The molecule has 0 amide bonds. The monoisotopic (exact) mass is 155 g/mol. The van der Waals surface area contributed by atoms with Gasteiger partial charge in [0.05, 0.1) is 0 Å². The molecule has 1 aliphatic rings. The molecule has 0 aliphatic carbocycles. The van der Waals surface area contributed by atoms with Crippen molar-refractivity contribution in [2.75, 3.05) is 26.2 Å². The molecule has 1 radical (unpaired) electrons. The zero-order chi connectivity index (χ0) is 8.10. The maximum Gasteiger partial charge on any atom is 0.0373 e. The summed E-state index contributed by atoms with van der Waals surface area (Å²) in [5.41, 5.74) is 0. The van der Waals surface area contributed by atoms with E-state index in [4.69, 9.17) is 0 Å². The fraction of sp³-hybridized carbons (Fsp3) is 1.00. The zero-order valence-corrected chi connectivity index (χ0v) is 7.71. The summed E-state index contributed by atoms with van der Waals surface area (Å²) in [5, 5.41) is 4.53. The van der Waals surface area contributed by atoms with Crippen LogP contribution >= 0.6 is 0 Å². The first-order valence-electron chi connectivity index (χ1n) is 4.75. The highest BCUT2D eigenvalue weighted by atomic mass is 15.1. The van der Waals surface area contributed by atoms with Crippen molar-refractivity contribution in [1.29, 1.82) is 0 Å². The van der Waals surface area contributed by atoms with Gasteiger partial charge in [0.15, 0.2) is 0 Å². The molecular weight excluding hydrogens is 136 g/mol. The summed E-state index contributed by atoms with van der Waals surface area (Å²) in [6.45, 7) is 9.07. The third-order valence-corrected chi connectivity index (χ3v) is 2.45. The Hall–Kier alpha value is -0.0800. The van der Waals surface area contributed by atoms with Gasteiger partial charge in [0, 0.05) is 19.1 Å². The Labute approximate surface area is 70.0 Å².